The van der Waals surface area contributed by atoms with Crippen molar-refractivity contribution in [2.24, 2.45) is 0 Å². The second-order valence-corrected chi connectivity index (χ2v) is 3.33. The van der Waals surface area contributed by atoms with Gasteiger partial charge < -0.3 is 15.2 Å². The van der Waals surface area contributed by atoms with Crippen LogP contribution >= 0.6 is 11.6 Å². The fourth-order valence-electron chi connectivity index (χ4n) is 1.11. The van der Waals surface area contributed by atoms with Gasteiger partial charge in [-0.2, -0.15) is 0 Å². The number of halogens is 1. The zero-order valence-corrected chi connectivity index (χ0v) is 9.04. The van der Waals surface area contributed by atoms with Gasteiger partial charge in [-0.15, -0.1) is 0 Å². The van der Waals surface area contributed by atoms with E-state index in [2.05, 4.69) is 5.32 Å². The first-order valence-corrected chi connectivity index (χ1v) is 4.75. The number of carbonyl (C=O) groups is 1. The average Bonchev–Trinajstić information content (AvgIpc) is 2.26. The van der Waals surface area contributed by atoms with E-state index in [1.807, 2.05) is 0 Å². The van der Waals surface area contributed by atoms with Crippen LogP contribution in [-0.4, -0.2) is 24.7 Å². The lowest BCUT2D eigenvalue weighted by atomic mass is 10.2. The van der Waals surface area contributed by atoms with E-state index in [9.17, 15) is 4.79 Å². The number of amides is 1. The molecule has 0 aliphatic rings. The summed E-state index contributed by atoms with van der Waals surface area (Å²) in [7, 11) is 1.53. The highest BCUT2D eigenvalue weighted by Gasteiger charge is 2.05. The molecule has 1 amide bonds. The summed E-state index contributed by atoms with van der Waals surface area (Å²) in [5.41, 5.74) is 0.809. The van der Waals surface area contributed by atoms with Crippen LogP contribution in [0.4, 0.5) is 0 Å². The minimum atomic E-state index is -0.518. The molecule has 0 aliphatic carbocycles. The van der Waals surface area contributed by atoms with Crippen LogP contribution < -0.4 is 10.1 Å². The van der Waals surface area contributed by atoms with Gasteiger partial charge in [-0.05, 0) is 12.1 Å². The van der Waals surface area contributed by atoms with E-state index in [4.69, 9.17) is 21.4 Å². The Kier molecular flexibility index (Phi) is 4.39. The Hall–Kier alpha value is -1.26. The molecular formula is C10H12ClNO3. The van der Waals surface area contributed by atoms with Gasteiger partial charge in [-0.25, -0.2) is 0 Å². The zero-order valence-electron chi connectivity index (χ0n) is 8.29. The van der Waals surface area contributed by atoms with Crippen LogP contribution in [0.2, 0.25) is 5.02 Å². The van der Waals surface area contributed by atoms with Gasteiger partial charge in [0.2, 0.25) is 5.91 Å². The number of rotatable bonds is 4. The molecule has 0 saturated carbocycles. The third-order valence-corrected chi connectivity index (χ3v) is 2.10. The number of carbonyl (C=O) groups excluding carboxylic acids is 1. The molecule has 1 aromatic carbocycles. The summed E-state index contributed by atoms with van der Waals surface area (Å²) < 4.78 is 5.09. The number of hydrogen-bond acceptors (Lipinski definition) is 3. The minimum Gasteiger partial charge on any atom is -0.496 e. The topological polar surface area (TPSA) is 58.6 Å². The molecule has 0 aromatic heterocycles. The Labute approximate surface area is 92.8 Å². The quantitative estimate of drug-likeness (QED) is 0.809. The predicted octanol–water partition coefficient (Wildman–Crippen LogP) is 0.957. The van der Waals surface area contributed by atoms with Crippen molar-refractivity contribution in [3.05, 3.63) is 28.8 Å². The van der Waals surface area contributed by atoms with Crippen molar-refractivity contribution >= 4 is 17.5 Å². The number of benzene rings is 1. The first kappa shape index (κ1) is 11.8. The smallest absolute Gasteiger partial charge is 0.245 e. The van der Waals surface area contributed by atoms with E-state index < -0.39 is 12.5 Å². The highest BCUT2D eigenvalue weighted by atomic mass is 35.5. The third-order valence-electron chi connectivity index (χ3n) is 1.87. The monoisotopic (exact) mass is 229 g/mol. The Balaban J connectivity index is 2.72. The Morgan fingerprint density at radius 1 is 1.60 bits per heavy atom. The van der Waals surface area contributed by atoms with Crippen LogP contribution in [0.3, 0.4) is 0 Å². The molecule has 1 rings (SSSR count). The normalized spacial score (nSPS) is 9.80. The largest absolute Gasteiger partial charge is 0.496 e. The molecule has 82 valence electrons. The molecule has 0 atom stereocenters. The second-order valence-electron chi connectivity index (χ2n) is 2.89. The van der Waals surface area contributed by atoms with Crippen molar-refractivity contribution in [2.45, 2.75) is 6.54 Å². The van der Waals surface area contributed by atoms with Crippen LogP contribution in [0.15, 0.2) is 18.2 Å². The molecule has 0 heterocycles. The van der Waals surface area contributed by atoms with Crippen molar-refractivity contribution in [3.63, 3.8) is 0 Å². The fourth-order valence-corrected chi connectivity index (χ4v) is 1.28. The molecule has 2 N–H and O–H groups in total. The summed E-state index contributed by atoms with van der Waals surface area (Å²) in [5, 5.41) is 11.6. The molecule has 0 spiro atoms. The van der Waals surface area contributed by atoms with E-state index in [1.54, 1.807) is 18.2 Å². The highest BCUT2D eigenvalue weighted by Crippen LogP contribution is 2.22. The molecule has 0 radical (unpaired) electrons. The lowest BCUT2D eigenvalue weighted by molar-refractivity contribution is -0.123. The zero-order chi connectivity index (χ0) is 11.3. The molecule has 0 fully saturated rings. The highest BCUT2D eigenvalue weighted by molar-refractivity contribution is 6.30. The SMILES string of the molecule is COc1cc(Cl)ccc1CNC(=O)CO. The lowest BCUT2D eigenvalue weighted by Gasteiger charge is -2.09. The number of ether oxygens (including phenoxy) is 1. The molecule has 0 unspecified atom stereocenters. The van der Waals surface area contributed by atoms with E-state index in [1.165, 1.54) is 7.11 Å². The maximum absolute atomic E-state index is 10.8. The number of methoxy groups -OCH3 is 1. The fraction of sp³-hybridized carbons (Fsp3) is 0.300. The van der Waals surface area contributed by atoms with Gasteiger partial charge in [0, 0.05) is 17.1 Å². The third kappa shape index (κ3) is 3.42. The van der Waals surface area contributed by atoms with Crippen LogP contribution in [0, 0.1) is 0 Å². The standard InChI is InChI=1S/C10H12ClNO3/c1-15-9-4-8(11)3-2-7(9)5-12-10(14)6-13/h2-4,13H,5-6H2,1H3,(H,12,14). The number of hydrogen-bond donors (Lipinski definition) is 2. The van der Waals surface area contributed by atoms with E-state index in [-0.39, 0.29) is 0 Å². The summed E-state index contributed by atoms with van der Waals surface area (Å²) in [6.45, 7) is -0.213. The van der Waals surface area contributed by atoms with E-state index in [0.717, 1.165) is 5.56 Å². The molecule has 0 bridgehead atoms. The summed E-state index contributed by atoms with van der Waals surface area (Å²) >= 11 is 5.78. The number of nitrogens with one attached hydrogen (secondary N) is 1. The molecule has 1 aromatic rings. The second kappa shape index (κ2) is 5.58. The summed E-state index contributed by atoms with van der Waals surface area (Å²) in [5.74, 6) is 0.188. The van der Waals surface area contributed by atoms with E-state index in [0.29, 0.717) is 17.3 Å². The summed E-state index contributed by atoms with van der Waals surface area (Å²) in [6.07, 6.45) is 0. The van der Waals surface area contributed by atoms with Crippen molar-refractivity contribution in [1.82, 2.24) is 5.32 Å². The van der Waals surface area contributed by atoms with Crippen molar-refractivity contribution in [3.8, 4) is 5.75 Å². The Morgan fingerprint density at radius 2 is 2.33 bits per heavy atom. The Bertz CT molecular complexity index is 355. The van der Waals surface area contributed by atoms with E-state index >= 15 is 0 Å². The number of aliphatic hydroxyl groups is 1. The average molecular weight is 230 g/mol. The molecular weight excluding hydrogens is 218 g/mol. The van der Waals surface area contributed by atoms with Crippen LogP contribution in [0.5, 0.6) is 5.75 Å². The number of aliphatic hydroxyl groups excluding tert-OH is 1. The summed E-state index contributed by atoms with van der Waals surface area (Å²) in [4.78, 5) is 10.8. The molecule has 0 aliphatic heterocycles. The Morgan fingerprint density at radius 3 is 2.93 bits per heavy atom. The van der Waals surface area contributed by atoms with Gasteiger partial charge >= 0.3 is 0 Å². The molecule has 15 heavy (non-hydrogen) atoms. The van der Waals surface area contributed by atoms with Gasteiger partial charge in [-0.3, -0.25) is 4.79 Å². The lowest BCUT2D eigenvalue weighted by Crippen LogP contribution is -2.25. The summed E-state index contributed by atoms with van der Waals surface area (Å²) in [6, 6.07) is 5.14. The minimum absolute atomic E-state index is 0.305. The van der Waals surface area contributed by atoms with Crippen molar-refractivity contribution in [1.29, 1.82) is 0 Å². The predicted molar refractivity (Wildman–Crippen MR) is 56.9 cm³/mol. The van der Waals surface area contributed by atoms with Gasteiger partial charge in [-0.1, -0.05) is 17.7 Å². The molecule has 5 heteroatoms. The van der Waals surface area contributed by atoms with Crippen LogP contribution in [0.25, 0.3) is 0 Å². The first-order valence-electron chi connectivity index (χ1n) is 4.37. The van der Waals surface area contributed by atoms with Crippen molar-refractivity contribution in [2.75, 3.05) is 13.7 Å². The van der Waals surface area contributed by atoms with Gasteiger partial charge in [0.1, 0.15) is 12.4 Å². The van der Waals surface area contributed by atoms with Gasteiger partial charge in [0.25, 0.3) is 0 Å². The molecule has 0 saturated heterocycles. The first-order chi connectivity index (χ1) is 7.17. The van der Waals surface area contributed by atoms with Crippen LogP contribution in [-0.2, 0) is 11.3 Å². The van der Waals surface area contributed by atoms with Gasteiger partial charge in [0.05, 0.1) is 7.11 Å². The van der Waals surface area contributed by atoms with Crippen LogP contribution in [0.1, 0.15) is 5.56 Å². The maximum Gasteiger partial charge on any atom is 0.245 e. The van der Waals surface area contributed by atoms with Crippen molar-refractivity contribution < 1.29 is 14.6 Å². The molecule has 4 nitrogen and oxygen atoms in total. The maximum atomic E-state index is 10.8. The van der Waals surface area contributed by atoms with Gasteiger partial charge in [0.15, 0.2) is 0 Å².